The van der Waals surface area contributed by atoms with Crippen LogP contribution >= 0.6 is 0 Å². The molecule has 1 saturated heterocycles. The van der Waals surface area contributed by atoms with Crippen molar-refractivity contribution in [3.8, 4) is 5.75 Å². The molecular formula is C19H23NO4. The van der Waals surface area contributed by atoms with Gasteiger partial charge < -0.3 is 19.2 Å². The van der Waals surface area contributed by atoms with E-state index in [1.807, 2.05) is 24.0 Å². The lowest BCUT2D eigenvalue weighted by molar-refractivity contribution is 0.0641. The number of hydrogen-bond acceptors (Lipinski definition) is 4. The summed E-state index contributed by atoms with van der Waals surface area (Å²) in [6, 6.07) is 10.8. The Hall–Kier alpha value is -2.27. The highest BCUT2D eigenvalue weighted by molar-refractivity contribution is 5.94. The van der Waals surface area contributed by atoms with Gasteiger partial charge in [-0.25, -0.2) is 0 Å². The summed E-state index contributed by atoms with van der Waals surface area (Å²) in [6.07, 6.45) is 3.23. The summed E-state index contributed by atoms with van der Waals surface area (Å²) < 4.78 is 10.7. The molecule has 24 heavy (non-hydrogen) atoms. The minimum absolute atomic E-state index is 0.00666. The van der Waals surface area contributed by atoms with Gasteiger partial charge in [0.25, 0.3) is 5.91 Å². The Balaban J connectivity index is 1.66. The Labute approximate surface area is 141 Å². The number of nitrogens with zero attached hydrogens (tertiary/aromatic N) is 1. The van der Waals surface area contributed by atoms with Gasteiger partial charge in [-0.15, -0.1) is 0 Å². The van der Waals surface area contributed by atoms with E-state index in [1.54, 1.807) is 30.5 Å². The van der Waals surface area contributed by atoms with Crippen LogP contribution in [0.4, 0.5) is 0 Å². The summed E-state index contributed by atoms with van der Waals surface area (Å²) in [4.78, 5) is 14.6. The maximum Gasteiger partial charge on any atom is 0.254 e. The molecule has 128 valence electrons. The number of carbonyl (C=O) groups excluding carboxylic acids is 1. The molecule has 5 nitrogen and oxygen atoms in total. The molecule has 1 aliphatic rings. The van der Waals surface area contributed by atoms with Crippen molar-refractivity contribution in [2.45, 2.75) is 38.3 Å². The van der Waals surface area contributed by atoms with E-state index in [2.05, 4.69) is 0 Å². The Morgan fingerprint density at radius 1 is 1.38 bits per heavy atom. The molecule has 5 heteroatoms. The second kappa shape index (κ2) is 7.53. The van der Waals surface area contributed by atoms with Gasteiger partial charge in [0.2, 0.25) is 0 Å². The van der Waals surface area contributed by atoms with Gasteiger partial charge in [0.05, 0.1) is 12.9 Å². The molecular weight excluding hydrogens is 306 g/mol. The van der Waals surface area contributed by atoms with Gasteiger partial charge in [-0.05, 0) is 56.2 Å². The van der Waals surface area contributed by atoms with Crippen LogP contribution < -0.4 is 4.74 Å². The molecule has 2 unspecified atom stereocenters. The number of benzene rings is 1. The Kier molecular flexibility index (Phi) is 5.20. The summed E-state index contributed by atoms with van der Waals surface area (Å²) in [5.41, 5.74) is 0.651. The van der Waals surface area contributed by atoms with E-state index in [9.17, 15) is 9.90 Å². The average Bonchev–Trinajstić information content (AvgIpc) is 3.27. The second-order valence-corrected chi connectivity index (χ2v) is 6.02. The number of amides is 1. The number of likely N-dealkylation sites (tertiary alicyclic amines) is 1. The number of rotatable bonds is 6. The molecule has 0 bridgehead atoms. The van der Waals surface area contributed by atoms with Crippen molar-refractivity contribution in [1.82, 2.24) is 4.90 Å². The lowest BCUT2D eigenvalue weighted by atomic mass is 10.0. The molecule has 2 aromatic rings. The molecule has 0 radical (unpaired) electrons. The van der Waals surface area contributed by atoms with Crippen molar-refractivity contribution in [3.63, 3.8) is 0 Å². The number of aliphatic hydroxyl groups is 1. The molecule has 2 heterocycles. The molecule has 2 atom stereocenters. The van der Waals surface area contributed by atoms with E-state index < -0.39 is 6.10 Å². The third kappa shape index (κ3) is 3.62. The highest BCUT2D eigenvalue weighted by atomic mass is 16.5. The van der Waals surface area contributed by atoms with Crippen LogP contribution in [0.5, 0.6) is 5.75 Å². The quantitative estimate of drug-likeness (QED) is 0.882. The Morgan fingerprint density at radius 2 is 2.17 bits per heavy atom. The molecule has 0 saturated carbocycles. The van der Waals surface area contributed by atoms with E-state index in [0.717, 1.165) is 25.1 Å². The van der Waals surface area contributed by atoms with Gasteiger partial charge in [-0.1, -0.05) is 0 Å². The molecule has 1 N–H and O–H groups in total. The largest absolute Gasteiger partial charge is 0.494 e. The maximum absolute atomic E-state index is 12.8. The van der Waals surface area contributed by atoms with E-state index in [1.165, 1.54) is 0 Å². The fraction of sp³-hybridized carbons (Fsp3) is 0.421. The summed E-state index contributed by atoms with van der Waals surface area (Å²) in [6.45, 7) is 3.26. The number of ether oxygens (including phenoxy) is 1. The third-order valence-electron chi connectivity index (χ3n) is 4.42. The summed E-state index contributed by atoms with van der Waals surface area (Å²) in [5, 5.41) is 10.3. The van der Waals surface area contributed by atoms with Gasteiger partial charge in [0, 0.05) is 24.6 Å². The van der Waals surface area contributed by atoms with E-state index in [-0.39, 0.29) is 11.9 Å². The van der Waals surface area contributed by atoms with Gasteiger partial charge in [-0.3, -0.25) is 4.79 Å². The van der Waals surface area contributed by atoms with Crippen LogP contribution in [0, 0.1) is 0 Å². The van der Waals surface area contributed by atoms with Crippen molar-refractivity contribution in [2.75, 3.05) is 13.2 Å². The number of furan rings is 1. The lowest BCUT2D eigenvalue weighted by Gasteiger charge is -2.26. The monoisotopic (exact) mass is 329 g/mol. The van der Waals surface area contributed by atoms with Crippen LogP contribution in [0.15, 0.2) is 47.1 Å². The maximum atomic E-state index is 12.8. The van der Waals surface area contributed by atoms with Gasteiger partial charge in [0.15, 0.2) is 0 Å². The zero-order valence-electron chi connectivity index (χ0n) is 13.9. The molecule has 1 aliphatic heterocycles. The molecule has 0 spiro atoms. The topological polar surface area (TPSA) is 62.9 Å². The summed E-state index contributed by atoms with van der Waals surface area (Å²) in [5.74, 6) is 1.32. The second-order valence-electron chi connectivity index (χ2n) is 6.02. The number of hydrogen-bond donors (Lipinski definition) is 1. The van der Waals surface area contributed by atoms with Crippen molar-refractivity contribution in [2.24, 2.45) is 0 Å². The molecule has 0 aliphatic carbocycles. The first-order chi connectivity index (χ1) is 11.7. The smallest absolute Gasteiger partial charge is 0.254 e. The molecule has 3 rings (SSSR count). The first kappa shape index (κ1) is 16.6. The van der Waals surface area contributed by atoms with Crippen LogP contribution in [0.25, 0.3) is 0 Å². The molecule has 1 fully saturated rings. The fourth-order valence-electron chi connectivity index (χ4n) is 3.23. The minimum atomic E-state index is -0.682. The molecule has 1 aromatic carbocycles. The average molecular weight is 329 g/mol. The lowest BCUT2D eigenvalue weighted by Crippen LogP contribution is -2.36. The SMILES string of the molecule is CCOc1ccc(C(=O)N2CCCC2CC(O)c2ccco2)cc1. The fourth-order valence-corrected chi connectivity index (χ4v) is 3.23. The van der Waals surface area contributed by atoms with Crippen LogP contribution in [-0.4, -0.2) is 35.1 Å². The molecule has 1 amide bonds. The van der Waals surface area contributed by atoms with Crippen LogP contribution in [0.3, 0.4) is 0 Å². The van der Waals surface area contributed by atoms with Gasteiger partial charge >= 0.3 is 0 Å². The zero-order chi connectivity index (χ0) is 16.9. The standard InChI is InChI=1S/C19H23NO4/c1-2-23-16-9-7-14(8-10-16)19(22)20-11-3-5-15(20)13-17(21)18-6-4-12-24-18/h4,6-10,12,15,17,21H,2-3,5,11,13H2,1H3. The van der Waals surface area contributed by atoms with Gasteiger partial charge in [-0.2, -0.15) is 0 Å². The van der Waals surface area contributed by atoms with Crippen LogP contribution in [0.2, 0.25) is 0 Å². The Morgan fingerprint density at radius 3 is 2.83 bits per heavy atom. The number of aliphatic hydroxyl groups excluding tert-OH is 1. The Bertz CT molecular complexity index is 651. The zero-order valence-corrected chi connectivity index (χ0v) is 13.9. The van der Waals surface area contributed by atoms with Crippen LogP contribution in [0.1, 0.15) is 48.4 Å². The third-order valence-corrected chi connectivity index (χ3v) is 4.42. The highest BCUT2D eigenvalue weighted by Gasteiger charge is 2.31. The number of carbonyl (C=O) groups is 1. The van der Waals surface area contributed by atoms with E-state index >= 15 is 0 Å². The van der Waals surface area contributed by atoms with Gasteiger partial charge in [0.1, 0.15) is 17.6 Å². The van der Waals surface area contributed by atoms with Crippen molar-refractivity contribution in [3.05, 3.63) is 54.0 Å². The molecule has 1 aromatic heterocycles. The summed E-state index contributed by atoms with van der Waals surface area (Å²) >= 11 is 0. The first-order valence-electron chi connectivity index (χ1n) is 8.44. The highest BCUT2D eigenvalue weighted by Crippen LogP contribution is 2.29. The van der Waals surface area contributed by atoms with Crippen molar-refractivity contribution >= 4 is 5.91 Å². The van der Waals surface area contributed by atoms with E-state index in [4.69, 9.17) is 9.15 Å². The predicted molar refractivity (Wildman–Crippen MR) is 90.0 cm³/mol. The van der Waals surface area contributed by atoms with Crippen molar-refractivity contribution in [1.29, 1.82) is 0 Å². The van der Waals surface area contributed by atoms with E-state index in [0.29, 0.717) is 24.4 Å². The minimum Gasteiger partial charge on any atom is -0.494 e. The summed E-state index contributed by atoms with van der Waals surface area (Å²) in [7, 11) is 0. The van der Waals surface area contributed by atoms with Crippen LogP contribution in [-0.2, 0) is 0 Å². The van der Waals surface area contributed by atoms with Crippen molar-refractivity contribution < 1.29 is 19.1 Å². The first-order valence-corrected chi connectivity index (χ1v) is 8.44. The predicted octanol–water partition coefficient (Wildman–Crippen LogP) is 3.41. The normalized spacial score (nSPS) is 18.6.